The zero-order valence-corrected chi connectivity index (χ0v) is 12.3. The van der Waals surface area contributed by atoms with Gasteiger partial charge in [-0.1, -0.05) is 6.92 Å². The van der Waals surface area contributed by atoms with Crippen molar-refractivity contribution in [3.05, 3.63) is 0 Å². The van der Waals surface area contributed by atoms with Gasteiger partial charge in [-0.05, 0) is 19.3 Å². The first kappa shape index (κ1) is 19.1. The summed E-state index contributed by atoms with van der Waals surface area (Å²) in [5.74, 6) is -3.75. The lowest BCUT2D eigenvalue weighted by Gasteiger charge is -2.34. The van der Waals surface area contributed by atoms with Crippen molar-refractivity contribution in [3.63, 3.8) is 0 Å². The Balaban J connectivity index is 0.00000361. The van der Waals surface area contributed by atoms with E-state index in [1.165, 1.54) is 4.90 Å². The van der Waals surface area contributed by atoms with E-state index in [0.717, 1.165) is 12.8 Å². The standard InChI is InChI=1S/C12H21F2N3O2.ClH/c1-2-10(18)17-6-4-3-5-9(17)11(19)16-8-12(13,14)7-15;/h9H,2-8,15H2,1H3,(H,16,19);1H. The van der Waals surface area contributed by atoms with Crippen LogP contribution in [-0.4, -0.2) is 48.3 Å². The Morgan fingerprint density at radius 1 is 1.40 bits per heavy atom. The summed E-state index contributed by atoms with van der Waals surface area (Å²) in [5.41, 5.74) is 4.90. The zero-order chi connectivity index (χ0) is 14.5. The van der Waals surface area contributed by atoms with Crippen molar-refractivity contribution in [2.75, 3.05) is 19.6 Å². The highest BCUT2D eigenvalue weighted by atomic mass is 35.5. The number of halogens is 3. The maximum absolute atomic E-state index is 13.0. The molecule has 0 aromatic heterocycles. The summed E-state index contributed by atoms with van der Waals surface area (Å²) in [5, 5.41) is 2.19. The minimum absolute atomic E-state index is 0. The number of hydrogen-bond donors (Lipinski definition) is 2. The molecule has 1 unspecified atom stereocenters. The normalized spacial score (nSPS) is 19.2. The monoisotopic (exact) mass is 313 g/mol. The first-order valence-corrected chi connectivity index (χ1v) is 6.56. The molecule has 118 valence electrons. The van der Waals surface area contributed by atoms with Gasteiger partial charge in [0.25, 0.3) is 5.92 Å². The third kappa shape index (κ3) is 5.20. The van der Waals surface area contributed by atoms with Crippen LogP contribution in [0, 0.1) is 0 Å². The van der Waals surface area contributed by atoms with E-state index < -0.39 is 31.0 Å². The van der Waals surface area contributed by atoms with Crippen LogP contribution in [0.25, 0.3) is 0 Å². The van der Waals surface area contributed by atoms with Crippen molar-refractivity contribution in [2.24, 2.45) is 5.73 Å². The summed E-state index contributed by atoms with van der Waals surface area (Å²) in [7, 11) is 0. The van der Waals surface area contributed by atoms with Crippen molar-refractivity contribution in [1.29, 1.82) is 0 Å². The second-order valence-electron chi connectivity index (χ2n) is 4.73. The molecule has 0 bridgehead atoms. The molecule has 0 spiro atoms. The number of likely N-dealkylation sites (tertiary alicyclic amines) is 1. The molecule has 8 heteroatoms. The van der Waals surface area contributed by atoms with Gasteiger partial charge in [-0.2, -0.15) is 0 Å². The number of alkyl halides is 2. The molecule has 2 amide bonds. The Morgan fingerprint density at radius 2 is 2.05 bits per heavy atom. The molecule has 1 saturated heterocycles. The fourth-order valence-corrected chi connectivity index (χ4v) is 2.11. The first-order chi connectivity index (χ1) is 8.91. The summed E-state index contributed by atoms with van der Waals surface area (Å²) >= 11 is 0. The summed E-state index contributed by atoms with van der Waals surface area (Å²) in [4.78, 5) is 25.1. The van der Waals surface area contributed by atoms with Crippen LogP contribution < -0.4 is 11.1 Å². The summed E-state index contributed by atoms with van der Waals surface area (Å²) in [6.45, 7) is 0.634. The maximum atomic E-state index is 13.0. The fourth-order valence-electron chi connectivity index (χ4n) is 2.11. The SMILES string of the molecule is CCC(=O)N1CCCCC1C(=O)NCC(F)(F)CN.Cl. The van der Waals surface area contributed by atoms with Gasteiger partial charge in [0.05, 0.1) is 13.1 Å². The maximum Gasteiger partial charge on any atom is 0.277 e. The van der Waals surface area contributed by atoms with Crippen molar-refractivity contribution in [1.82, 2.24) is 10.2 Å². The Hall–Kier alpha value is -0.950. The molecule has 1 heterocycles. The molecule has 1 aliphatic heterocycles. The molecular weight excluding hydrogens is 292 g/mol. The molecule has 3 N–H and O–H groups in total. The van der Waals surface area contributed by atoms with Gasteiger partial charge in [0, 0.05) is 13.0 Å². The van der Waals surface area contributed by atoms with Crippen LogP contribution >= 0.6 is 12.4 Å². The fraction of sp³-hybridized carbons (Fsp3) is 0.833. The number of nitrogens with two attached hydrogens (primary N) is 1. The Labute approximate surface area is 123 Å². The highest BCUT2D eigenvalue weighted by molar-refractivity contribution is 5.87. The van der Waals surface area contributed by atoms with E-state index in [1.807, 2.05) is 0 Å². The molecule has 1 atom stereocenters. The van der Waals surface area contributed by atoms with Crippen LogP contribution in [-0.2, 0) is 9.59 Å². The van der Waals surface area contributed by atoms with Gasteiger partial charge in [-0.15, -0.1) is 12.4 Å². The lowest BCUT2D eigenvalue weighted by molar-refractivity contribution is -0.142. The Kier molecular flexibility index (Phi) is 7.96. The molecule has 1 fully saturated rings. The van der Waals surface area contributed by atoms with Crippen LogP contribution in [0.2, 0.25) is 0 Å². The second kappa shape index (κ2) is 8.36. The van der Waals surface area contributed by atoms with Gasteiger partial charge >= 0.3 is 0 Å². The first-order valence-electron chi connectivity index (χ1n) is 6.56. The molecule has 1 aliphatic rings. The summed E-state index contributed by atoms with van der Waals surface area (Å²) in [6, 6.07) is -0.630. The zero-order valence-electron chi connectivity index (χ0n) is 11.5. The number of carbonyl (C=O) groups excluding carboxylic acids is 2. The van der Waals surface area contributed by atoms with E-state index in [-0.39, 0.29) is 18.3 Å². The summed E-state index contributed by atoms with van der Waals surface area (Å²) in [6.07, 6.45) is 2.49. The Morgan fingerprint density at radius 3 is 2.60 bits per heavy atom. The number of piperidine rings is 1. The topological polar surface area (TPSA) is 75.4 Å². The molecule has 5 nitrogen and oxygen atoms in total. The van der Waals surface area contributed by atoms with Crippen molar-refractivity contribution < 1.29 is 18.4 Å². The van der Waals surface area contributed by atoms with Gasteiger partial charge in [0.1, 0.15) is 6.04 Å². The third-order valence-corrected chi connectivity index (χ3v) is 3.25. The van der Waals surface area contributed by atoms with E-state index in [0.29, 0.717) is 19.4 Å². The van der Waals surface area contributed by atoms with Gasteiger partial charge in [-0.25, -0.2) is 8.78 Å². The number of nitrogens with zero attached hydrogens (tertiary/aromatic N) is 1. The number of rotatable bonds is 5. The summed E-state index contributed by atoms with van der Waals surface area (Å²) < 4.78 is 26.0. The van der Waals surface area contributed by atoms with Gasteiger partial charge < -0.3 is 16.0 Å². The molecule has 20 heavy (non-hydrogen) atoms. The number of carbonyl (C=O) groups is 2. The van der Waals surface area contributed by atoms with E-state index >= 15 is 0 Å². The highest BCUT2D eigenvalue weighted by Gasteiger charge is 2.33. The minimum atomic E-state index is -3.11. The highest BCUT2D eigenvalue weighted by Crippen LogP contribution is 2.18. The van der Waals surface area contributed by atoms with Crippen molar-refractivity contribution in [3.8, 4) is 0 Å². The quantitative estimate of drug-likeness (QED) is 0.792. The van der Waals surface area contributed by atoms with Crippen LogP contribution in [0.15, 0.2) is 0 Å². The largest absolute Gasteiger partial charge is 0.348 e. The molecule has 0 aliphatic carbocycles. The molecular formula is C12H22ClF2N3O2. The lowest BCUT2D eigenvalue weighted by Crippen LogP contribution is -2.53. The van der Waals surface area contributed by atoms with Gasteiger partial charge in [0.15, 0.2) is 0 Å². The van der Waals surface area contributed by atoms with E-state index in [4.69, 9.17) is 5.73 Å². The smallest absolute Gasteiger partial charge is 0.277 e. The predicted octanol–water partition coefficient (Wildman–Crippen LogP) is 0.909. The molecule has 0 saturated carbocycles. The minimum Gasteiger partial charge on any atom is -0.348 e. The molecule has 0 aromatic rings. The molecule has 0 aromatic carbocycles. The average molecular weight is 314 g/mol. The predicted molar refractivity (Wildman–Crippen MR) is 73.9 cm³/mol. The molecule has 0 radical (unpaired) electrons. The lowest BCUT2D eigenvalue weighted by atomic mass is 10.0. The van der Waals surface area contributed by atoms with E-state index in [1.54, 1.807) is 6.92 Å². The van der Waals surface area contributed by atoms with Crippen molar-refractivity contribution >= 4 is 24.2 Å². The Bertz CT molecular complexity index is 343. The number of hydrogen-bond acceptors (Lipinski definition) is 3. The number of amides is 2. The van der Waals surface area contributed by atoms with Crippen LogP contribution in [0.5, 0.6) is 0 Å². The average Bonchev–Trinajstić information content (AvgIpc) is 2.44. The van der Waals surface area contributed by atoms with E-state index in [2.05, 4.69) is 5.32 Å². The van der Waals surface area contributed by atoms with Crippen molar-refractivity contribution in [2.45, 2.75) is 44.6 Å². The second-order valence-corrected chi connectivity index (χ2v) is 4.73. The van der Waals surface area contributed by atoms with Gasteiger partial charge in [0.2, 0.25) is 11.8 Å². The van der Waals surface area contributed by atoms with E-state index in [9.17, 15) is 18.4 Å². The van der Waals surface area contributed by atoms with Crippen LogP contribution in [0.1, 0.15) is 32.6 Å². The van der Waals surface area contributed by atoms with Gasteiger partial charge in [-0.3, -0.25) is 9.59 Å². The third-order valence-electron chi connectivity index (χ3n) is 3.25. The molecule has 1 rings (SSSR count). The number of nitrogens with one attached hydrogen (secondary N) is 1. The van der Waals surface area contributed by atoms with Crippen LogP contribution in [0.4, 0.5) is 8.78 Å². The van der Waals surface area contributed by atoms with Crippen LogP contribution in [0.3, 0.4) is 0 Å².